The van der Waals surface area contributed by atoms with Crippen LogP contribution in [0.5, 0.6) is 11.5 Å². The van der Waals surface area contributed by atoms with Gasteiger partial charge in [0.1, 0.15) is 30.3 Å². The van der Waals surface area contributed by atoms with E-state index in [9.17, 15) is 4.79 Å². The second kappa shape index (κ2) is 27.6. The van der Waals surface area contributed by atoms with Gasteiger partial charge in [-0.3, -0.25) is 5.32 Å². The van der Waals surface area contributed by atoms with Crippen molar-refractivity contribution in [3.8, 4) is 57.2 Å². The van der Waals surface area contributed by atoms with Crippen molar-refractivity contribution in [2.45, 2.75) is 26.4 Å². The van der Waals surface area contributed by atoms with Gasteiger partial charge in [-0.1, -0.05) is 66.6 Å². The topological polar surface area (TPSA) is 166 Å². The summed E-state index contributed by atoms with van der Waals surface area (Å²) < 4.78 is 50.5. The summed E-state index contributed by atoms with van der Waals surface area (Å²) in [5.41, 5.74) is 10.3. The molecule has 8 rings (SSSR count). The third-order valence-electron chi connectivity index (χ3n) is 11.4. The van der Waals surface area contributed by atoms with Crippen molar-refractivity contribution >= 4 is 58.2 Å². The molecule has 16 heteroatoms. The Morgan fingerprint density at radius 3 is 1.41 bits per heavy atom. The Labute approximate surface area is 450 Å². The Morgan fingerprint density at radius 1 is 0.533 bits per heavy atom. The predicted molar refractivity (Wildman–Crippen MR) is 289 cm³/mol. The minimum absolute atomic E-state index is 0. The van der Waals surface area contributed by atoms with Gasteiger partial charge in [0.15, 0.2) is 0 Å². The first kappa shape index (κ1) is 55.8. The number of terminal acetylenes is 1. The molecule has 0 saturated heterocycles. The SMILES string of the molecule is C#Cc1c2nc(c(-c3cccc(OCCOCCOCCOC)c3)c3ccc([n-]3)c(-c3ccc(NC(=O)OC(C)(C)C)cc3)c3nc(c(-c4cccc(OCCOCCOCCOC)c4)c4ccc1[n-]4)C=C3)C=C2.[Zn+2]. The van der Waals surface area contributed by atoms with Gasteiger partial charge < -0.3 is 52.6 Å². The van der Waals surface area contributed by atoms with E-state index in [0.717, 1.165) is 33.4 Å². The zero-order valence-electron chi connectivity index (χ0n) is 43.2. The van der Waals surface area contributed by atoms with Crippen molar-refractivity contribution in [2.24, 2.45) is 0 Å². The van der Waals surface area contributed by atoms with Crippen molar-refractivity contribution in [2.75, 3.05) is 98.8 Å². The van der Waals surface area contributed by atoms with Crippen LogP contribution in [0.25, 0.3) is 79.8 Å². The number of benzene rings is 3. The molecule has 5 heterocycles. The van der Waals surface area contributed by atoms with E-state index in [1.807, 2.05) is 142 Å². The number of aromatic nitrogens is 4. The van der Waals surface area contributed by atoms with Gasteiger partial charge in [-0.15, -0.1) is 28.5 Å². The van der Waals surface area contributed by atoms with Crippen LogP contribution in [0, 0.1) is 12.3 Å². The largest absolute Gasteiger partial charge is 2.00 e. The van der Waals surface area contributed by atoms with Gasteiger partial charge in [-0.25, -0.2) is 14.8 Å². The first-order valence-corrected chi connectivity index (χ1v) is 24.5. The van der Waals surface area contributed by atoms with Gasteiger partial charge in [0.05, 0.1) is 88.8 Å². The Bertz CT molecular complexity index is 3090. The Hall–Kier alpha value is -6.93. The number of carbonyl (C=O) groups excluding carboxylic acids is 1. The van der Waals surface area contributed by atoms with Crippen LogP contribution in [0.1, 0.15) is 49.1 Å². The average molecular weight is 1070 g/mol. The Kier molecular flexibility index (Phi) is 20.5. The van der Waals surface area contributed by atoms with Gasteiger partial charge in [0.25, 0.3) is 0 Å². The molecule has 0 radical (unpaired) electrons. The zero-order chi connectivity index (χ0) is 51.7. The molecular weight excluding hydrogens is 1000 g/mol. The van der Waals surface area contributed by atoms with E-state index in [1.165, 1.54) is 0 Å². The van der Waals surface area contributed by atoms with E-state index in [0.29, 0.717) is 147 Å². The van der Waals surface area contributed by atoms with Crippen LogP contribution in [0.15, 0.2) is 97.1 Å². The molecule has 3 aromatic carbocycles. The first-order valence-electron chi connectivity index (χ1n) is 24.5. The van der Waals surface area contributed by atoms with E-state index < -0.39 is 11.7 Å². The summed E-state index contributed by atoms with van der Waals surface area (Å²) in [5.74, 6) is 4.20. The number of anilines is 1. The summed E-state index contributed by atoms with van der Waals surface area (Å²) in [5, 5.41) is 2.85. The smallest absolute Gasteiger partial charge is 0.657 e. The zero-order valence-corrected chi connectivity index (χ0v) is 46.2. The second-order valence-corrected chi connectivity index (χ2v) is 17.9. The van der Waals surface area contributed by atoms with Crippen LogP contribution in [-0.4, -0.2) is 115 Å². The molecule has 2 aliphatic rings. The van der Waals surface area contributed by atoms with Gasteiger partial charge in [-0.05, 0) is 115 Å². The van der Waals surface area contributed by atoms with E-state index in [-0.39, 0.29) is 19.5 Å². The third-order valence-corrected chi connectivity index (χ3v) is 11.4. The second-order valence-electron chi connectivity index (χ2n) is 17.9. The van der Waals surface area contributed by atoms with Crippen molar-refractivity contribution < 1.29 is 66.9 Å². The molecule has 3 aromatic heterocycles. The number of rotatable bonds is 24. The fourth-order valence-electron chi connectivity index (χ4n) is 8.11. The first-order chi connectivity index (χ1) is 36.1. The van der Waals surface area contributed by atoms with Gasteiger partial charge in [-0.2, -0.15) is 0 Å². The predicted octanol–water partition coefficient (Wildman–Crippen LogP) is 10.4. The number of amides is 1. The molecule has 75 heavy (non-hydrogen) atoms. The maximum absolute atomic E-state index is 12.8. The van der Waals surface area contributed by atoms with E-state index >= 15 is 0 Å². The number of ether oxygens (including phenoxy) is 9. The minimum Gasteiger partial charge on any atom is -0.657 e. The third kappa shape index (κ3) is 15.3. The maximum atomic E-state index is 12.8. The normalized spacial score (nSPS) is 11.8. The molecule has 0 aliphatic carbocycles. The molecule has 384 valence electrons. The molecule has 1 N–H and O–H groups in total. The number of nitrogens with zero attached hydrogens (tertiary/aromatic N) is 4. The quantitative estimate of drug-likeness (QED) is 0.0345. The fraction of sp³-hybridized carbons (Fsp3) is 0.305. The number of hydrogen-bond donors (Lipinski definition) is 1. The van der Waals surface area contributed by atoms with Crippen LogP contribution in [0.3, 0.4) is 0 Å². The van der Waals surface area contributed by atoms with Gasteiger partial charge >= 0.3 is 25.6 Å². The minimum atomic E-state index is -0.661. The maximum Gasteiger partial charge on any atom is 2.00 e. The molecule has 0 saturated carbocycles. The van der Waals surface area contributed by atoms with Crippen molar-refractivity contribution in [3.63, 3.8) is 0 Å². The molecule has 8 bridgehead atoms. The van der Waals surface area contributed by atoms with E-state index in [2.05, 4.69) is 11.2 Å². The van der Waals surface area contributed by atoms with Crippen LogP contribution >= 0.6 is 0 Å². The molecule has 2 aliphatic heterocycles. The summed E-state index contributed by atoms with van der Waals surface area (Å²) in [7, 11) is 3.28. The van der Waals surface area contributed by atoms with Crippen LogP contribution in [-0.2, 0) is 52.6 Å². The monoisotopic (exact) mass is 1060 g/mol. The average Bonchev–Trinajstić information content (AvgIpc) is 4.25. The van der Waals surface area contributed by atoms with Crippen molar-refractivity contribution in [3.05, 3.63) is 125 Å². The molecule has 6 aromatic rings. The molecule has 1 amide bonds. The van der Waals surface area contributed by atoms with Crippen LogP contribution < -0.4 is 24.8 Å². The molecule has 0 fully saturated rings. The molecule has 0 unspecified atom stereocenters. The number of fused-ring (bicyclic) bond motifs is 8. The molecule has 15 nitrogen and oxygen atoms in total. The number of carbonyl (C=O) groups is 1. The Balaban J connectivity index is 0.00000820. The van der Waals surface area contributed by atoms with E-state index in [4.69, 9.17) is 69.0 Å². The van der Waals surface area contributed by atoms with Crippen LogP contribution in [0.4, 0.5) is 10.5 Å². The Morgan fingerprint density at radius 2 is 0.947 bits per heavy atom. The number of hydrogen-bond acceptors (Lipinski definition) is 12. The van der Waals surface area contributed by atoms with Crippen LogP contribution in [0.2, 0.25) is 0 Å². The van der Waals surface area contributed by atoms with Gasteiger partial charge in [0, 0.05) is 25.5 Å². The van der Waals surface area contributed by atoms with Crippen molar-refractivity contribution in [1.29, 1.82) is 0 Å². The number of methoxy groups -OCH3 is 2. The number of nitrogens with one attached hydrogen (secondary N) is 1. The standard InChI is InChI=1S/C59H62N5O10.Zn/c1-7-46-47-18-20-51(61-47)56(41-10-8-12-44(38-41)72-36-34-70-32-30-68-28-26-66-5)53-24-22-49(63-53)55(40-14-16-43(17-15-40)60-58(65)74-59(2,3)4)50-23-25-54(64-50)57(52-21-19-48(46)62-52)42-11-9-13-45(39-42)73-37-35-71-33-31-69-29-27-67-6;/h1,8-25,38-39H,26-37H2,2-6H3,(H2-,60,61,62,63,64,65);/q-1;+2/p-1. The summed E-state index contributed by atoms with van der Waals surface area (Å²) in [4.78, 5) is 33.9. The fourth-order valence-corrected chi connectivity index (χ4v) is 8.11. The van der Waals surface area contributed by atoms with Crippen molar-refractivity contribution in [1.82, 2.24) is 19.9 Å². The summed E-state index contributed by atoms with van der Waals surface area (Å²) >= 11 is 0. The summed E-state index contributed by atoms with van der Waals surface area (Å²) in [6.07, 6.45) is 13.6. The van der Waals surface area contributed by atoms with E-state index in [1.54, 1.807) is 14.2 Å². The van der Waals surface area contributed by atoms with Gasteiger partial charge in [0.2, 0.25) is 0 Å². The molecular formula is C59H61N5O10Zn. The molecule has 0 atom stereocenters. The summed E-state index contributed by atoms with van der Waals surface area (Å²) in [6.45, 7) is 10.8. The summed E-state index contributed by atoms with van der Waals surface area (Å²) in [6, 6.07) is 31.0. The molecule has 0 spiro atoms.